The molecule has 0 aromatic carbocycles. The van der Waals surface area contributed by atoms with Gasteiger partial charge < -0.3 is 25.6 Å². The van der Waals surface area contributed by atoms with E-state index in [2.05, 4.69) is 5.32 Å². The number of nitrogens with two attached hydrogens (primary N) is 1. The van der Waals surface area contributed by atoms with Gasteiger partial charge in [0.2, 0.25) is 17.7 Å². The summed E-state index contributed by atoms with van der Waals surface area (Å²) in [5.74, 6) is 0.648. The molecule has 3 N–H and O–H groups in total. The lowest BCUT2D eigenvalue weighted by molar-refractivity contribution is -0.132. The van der Waals surface area contributed by atoms with Gasteiger partial charge in [-0.25, -0.2) is 0 Å². The van der Waals surface area contributed by atoms with Crippen LogP contribution in [0.5, 0.6) is 0 Å². The van der Waals surface area contributed by atoms with Crippen molar-refractivity contribution in [3.63, 3.8) is 0 Å². The van der Waals surface area contributed by atoms with Crippen LogP contribution in [0.15, 0.2) is 0 Å². The molecule has 2 fully saturated rings. The summed E-state index contributed by atoms with van der Waals surface area (Å²) >= 11 is 1.36. The van der Waals surface area contributed by atoms with Gasteiger partial charge in [-0.1, -0.05) is 0 Å². The molecular formula is C17H31ClN4O4S. The molecule has 2 rings (SSSR count). The van der Waals surface area contributed by atoms with Crippen molar-refractivity contribution in [1.29, 1.82) is 0 Å². The number of piperidine rings is 1. The van der Waals surface area contributed by atoms with Crippen molar-refractivity contribution in [1.82, 2.24) is 15.1 Å². The molecule has 2 aliphatic rings. The third kappa shape index (κ3) is 8.25. The Hall–Kier alpha value is -1.03. The van der Waals surface area contributed by atoms with Crippen LogP contribution in [-0.2, 0) is 19.1 Å². The van der Waals surface area contributed by atoms with Gasteiger partial charge in [-0.05, 0) is 19.3 Å². The zero-order valence-corrected chi connectivity index (χ0v) is 17.3. The molecule has 27 heavy (non-hydrogen) atoms. The molecule has 0 aliphatic carbocycles. The van der Waals surface area contributed by atoms with E-state index in [0.29, 0.717) is 63.9 Å². The summed E-state index contributed by atoms with van der Waals surface area (Å²) in [4.78, 5) is 39.9. The van der Waals surface area contributed by atoms with Crippen molar-refractivity contribution in [2.75, 3.05) is 57.4 Å². The molecule has 0 spiro atoms. The minimum absolute atomic E-state index is 0. The number of carbonyl (C=O) groups excluding carboxylic acids is 3. The molecule has 156 valence electrons. The normalized spacial score (nSPS) is 20.0. The largest absolute Gasteiger partial charge is 0.378 e. The topological polar surface area (TPSA) is 105 Å². The van der Waals surface area contributed by atoms with E-state index in [9.17, 15) is 14.4 Å². The molecule has 0 saturated carbocycles. The van der Waals surface area contributed by atoms with Crippen molar-refractivity contribution in [2.24, 2.45) is 5.73 Å². The Kier molecular flexibility index (Phi) is 11.7. The van der Waals surface area contributed by atoms with Gasteiger partial charge in [-0.2, -0.15) is 0 Å². The molecule has 8 nitrogen and oxygen atoms in total. The van der Waals surface area contributed by atoms with Crippen molar-refractivity contribution < 1.29 is 19.1 Å². The first-order chi connectivity index (χ1) is 12.6. The number of thioether (sulfide) groups is 1. The SMILES string of the molecule is Cl.NCCC(=O)NCC1CCCCN1C(=O)CSCC(=O)N1CCOCC1. The molecule has 1 unspecified atom stereocenters. The van der Waals surface area contributed by atoms with Gasteiger partial charge in [0.25, 0.3) is 0 Å². The van der Waals surface area contributed by atoms with Gasteiger partial charge >= 0.3 is 0 Å². The number of hydrogen-bond donors (Lipinski definition) is 2. The quantitative estimate of drug-likeness (QED) is 0.563. The minimum atomic E-state index is -0.0732. The number of amides is 3. The van der Waals surface area contributed by atoms with Crippen LogP contribution in [0.4, 0.5) is 0 Å². The van der Waals surface area contributed by atoms with Gasteiger partial charge in [0, 0.05) is 45.2 Å². The van der Waals surface area contributed by atoms with Crippen LogP contribution in [-0.4, -0.2) is 91.0 Å². The Morgan fingerprint density at radius 3 is 2.48 bits per heavy atom. The summed E-state index contributed by atoms with van der Waals surface area (Å²) in [5.41, 5.74) is 5.38. The lowest BCUT2D eigenvalue weighted by Gasteiger charge is -2.36. The van der Waals surface area contributed by atoms with Gasteiger partial charge in [-0.15, -0.1) is 24.2 Å². The summed E-state index contributed by atoms with van der Waals surface area (Å²) in [6.07, 6.45) is 3.24. The summed E-state index contributed by atoms with van der Waals surface area (Å²) < 4.78 is 5.24. The predicted octanol–water partition coefficient (Wildman–Crippen LogP) is -0.154. The zero-order valence-electron chi connectivity index (χ0n) is 15.7. The summed E-state index contributed by atoms with van der Waals surface area (Å²) in [5, 5.41) is 2.86. The number of nitrogens with one attached hydrogen (secondary N) is 1. The standard InChI is InChI=1S/C17H30N4O4S.ClH/c18-5-4-15(22)19-11-14-3-1-2-6-21(14)17(24)13-26-12-16(23)20-7-9-25-10-8-20;/h14H,1-13,18H2,(H,19,22);1H. The number of halogens is 1. The lowest BCUT2D eigenvalue weighted by atomic mass is 10.0. The monoisotopic (exact) mass is 422 g/mol. The van der Waals surface area contributed by atoms with E-state index in [0.717, 1.165) is 19.3 Å². The van der Waals surface area contributed by atoms with E-state index in [4.69, 9.17) is 10.5 Å². The van der Waals surface area contributed by atoms with E-state index in [-0.39, 0.29) is 36.2 Å². The van der Waals surface area contributed by atoms with Crippen molar-refractivity contribution in [3.05, 3.63) is 0 Å². The molecule has 0 aromatic heterocycles. The fourth-order valence-electron chi connectivity index (χ4n) is 3.20. The number of nitrogens with zero attached hydrogens (tertiary/aromatic N) is 2. The second kappa shape index (κ2) is 13.2. The lowest BCUT2D eigenvalue weighted by Crippen LogP contribution is -2.50. The third-order valence-electron chi connectivity index (χ3n) is 4.67. The Labute approximate surface area is 171 Å². The van der Waals surface area contributed by atoms with Crippen LogP contribution in [0, 0.1) is 0 Å². The summed E-state index contributed by atoms with van der Waals surface area (Å²) in [6.45, 7) is 3.94. The molecule has 0 radical (unpaired) electrons. The van der Waals surface area contributed by atoms with Crippen molar-refractivity contribution in [2.45, 2.75) is 31.7 Å². The number of rotatable bonds is 8. The average Bonchev–Trinajstić information content (AvgIpc) is 2.67. The van der Waals surface area contributed by atoms with Crippen LogP contribution in [0.1, 0.15) is 25.7 Å². The zero-order chi connectivity index (χ0) is 18.8. The van der Waals surface area contributed by atoms with E-state index >= 15 is 0 Å². The number of hydrogen-bond acceptors (Lipinski definition) is 6. The highest BCUT2D eigenvalue weighted by Gasteiger charge is 2.27. The third-order valence-corrected chi connectivity index (χ3v) is 5.57. The maximum absolute atomic E-state index is 12.6. The second-order valence-corrected chi connectivity index (χ2v) is 7.55. The van der Waals surface area contributed by atoms with Crippen LogP contribution < -0.4 is 11.1 Å². The van der Waals surface area contributed by atoms with Gasteiger partial charge in [0.05, 0.1) is 24.7 Å². The second-order valence-electron chi connectivity index (χ2n) is 6.57. The highest BCUT2D eigenvalue weighted by Crippen LogP contribution is 2.18. The number of carbonyl (C=O) groups is 3. The molecule has 0 bridgehead atoms. The highest BCUT2D eigenvalue weighted by atomic mass is 35.5. The Bertz CT molecular complexity index is 492. The Morgan fingerprint density at radius 2 is 1.78 bits per heavy atom. The smallest absolute Gasteiger partial charge is 0.232 e. The fraction of sp³-hybridized carbons (Fsp3) is 0.824. The molecule has 10 heteroatoms. The molecule has 1 atom stereocenters. The van der Waals surface area contributed by atoms with Crippen molar-refractivity contribution in [3.8, 4) is 0 Å². The number of morpholine rings is 1. The maximum Gasteiger partial charge on any atom is 0.232 e. The van der Waals surface area contributed by atoms with Crippen LogP contribution in [0.2, 0.25) is 0 Å². The summed E-state index contributed by atoms with van der Waals surface area (Å²) in [7, 11) is 0. The molecule has 3 amide bonds. The first kappa shape index (κ1) is 24.0. The minimum Gasteiger partial charge on any atom is -0.378 e. The molecule has 0 aromatic rings. The first-order valence-electron chi connectivity index (χ1n) is 9.31. The van der Waals surface area contributed by atoms with E-state index in [1.54, 1.807) is 4.90 Å². The van der Waals surface area contributed by atoms with E-state index < -0.39 is 0 Å². The van der Waals surface area contributed by atoms with E-state index in [1.807, 2.05) is 4.90 Å². The molecule has 2 heterocycles. The van der Waals surface area contributed by atoms with Crippen LogP contribution in [0.3, 0.4) is 0 Å². The van der Waals surface area contributed by atoms with Crippen LogP contribution >= 0.6 is 24.2 Å². The highest BCUT2D eigenvalue weighted by molar-refractivity contribution is 8.00. The fourth-order valence-corrected chi connectivity index (χ4v) is 4.00. The Morgan fingerprint density at radius 1 is 1.07 bits per heavy atom. The molecular weight excluding hydrogens is 392 g/mol. The van der Waals surface area contributed by atoms with Crippen molar-refractivity contribution >= 4 is 41.9 Å². The average molecular weight is 423 g/mol. The molecule has 2 aliphatic heterocycles. The van der Waals surface area contributed by atoms with Gasteiger partial charge in [-0.3, -0.25) is 14.4 Å². The van der Waals surface area contributed by atoms with Crippen LogP contribution in [0.25, 0.3) is 0 Å². The summed E-state index contributed by atoms with van der Waals surface area (Å²) in [6, 6.07) is 0.0357. The number of ether oxygens (including phenoxy) is 1. The Balaban J connectivity index is 0.00000364. The first-order valence-corrected chi connectivity index (χ1v) is 10.5. The number of likely N-dealkylation sites (tertiary alicyclic amines) is 1. The van der Waals surface area contributed by atoms with E-state index in [1.165, 1.54) is 11.8 Å². The molecule has 2 saturated heterocycles. The van der Waals surface area contributed by atoms with Gasteiger partial charge in [0.15, 0.2) is 0 Å². The predicted molar refractivity (Wildman–Crippen MR) is 108 cm³/mol. The maximum atomic E-state index is 12.6. The van der Waals surface area contributed by atoms with Gasteiger partial charge in [0.1, 0.15) is 0 Å².